The molecule has 6 nitrogen and oxygen atoms in total. The van der Waals surface area contributed by atoms with E-state index in [-0.39, 0.29) is 14.9 Å². The highest BCUT2D eigenvalue weighted by Crippen LogP contribution is 2.25. The highest BCUT2D eigenvalue weighted by atomic mass is 79.9. The molecule has 0 spiro atoms. The van der Waals surface area contributed by atoms with Crippen molar-refractivity contribution in [2.24, 2.45) is 0 Å². The summed E-state index contributed by atoms with van der Waals surface area (Å²) in [6.07, 6.45) is 1.96. The lowest BCUT2D eigenvalue weighted by Crippen LogP contribution is -2.03. The van der Waals surface area contributed by atoms with Gasteiger partial charge in [0.2, 0.25) is 0 Å². The highest BCUT2D eigenvalue weighted by Gasteiger charge is 2.01. The monoisotopic (exact) mass is 701 g/mol. The molecule has 5 rings (SSSR count). The maximum Gasteiger partial charge on any atom is 0.119 e. The van der Waals surface area contributed by atoms with Crippen LogP contribution in [-0.2, 0) is 9.47 Å². The number of fused-ring (bicyclic) bond motifs is 1. The highest BCUT2D eigenvalue weighted by molar-refractivity contribution is 9.10. The maximum atomic E-state index is 8.74. The van der Waals surface area contributed by atoms with Crippen molar-refractivity contribution in [2.45, 2.75) is 14.9 Å². The van der Waals surface area contributed by atoms with Crippen molar-refractivity contribution in [1.82, 2.24) is 4.98 Å². The molecule has 0 saturated heterocycles. The van der Waals surface area contributed by atoms with Crippen molar-refractivity contribution in [2.75, 3.05) is 40.6 Å². The number of methoxy groups -OCH3 is 2. The first-order valence-corrected chi connectivity index (χ1v) is 14.2. The molecule has 0 bridgehead atoms. The van der Waals surface area contributed by atoms with Gasteiger partial charge in [-0.15, -0.1) is 0 Å². The van der Waals surface area contributed by atoms with E-state index in [9.17, 15) is 0 Å². The van der Waals surface area contributed by atoms with Crippen LogP contribution >= 0.6 is 31.9 Å². The Morgan fingerprint density at radius 2 is 1.07 bits per heavy atom. The Bertz CT molecular complexity index is 1370. The lowest BCUT2D eigenvalue weighted by molar-refractivity contribution is 0.146. The molecule has 2 N–H and O–H groups in total. The number of ether oxygens (including phenoxy) is 4. The molecule has 0 amide bonds. The minimum Gasteiger partial charge on any atom is -0.508 e. The van der Waals surface area contributed by atoms with Gasteiger partial charge in [-0.25, -0.2) is 0 Å². The van der Waals surface area contributed by atoms with Gasteiger partial charge in [0.15, 0.2) is 0 Å². The molecule has 0 unspecified atom stereocenters. The van der Waals surface area contributed by atoms with Crippen molar-refractivity contribution in [3.05, 3.63) is 112 Å². The number of nitrogens with one attached hydrogen (secondary N) is 1. The Morgan fingerprint density at radius 1 is 0.595 bits per heavy atom. The van der Waals surface area contributed by atoms with Gasteiger partial charge in [0.05, 0.1) is 13.2 Å². The molecular formula is C34H41Br2NO5. The topological polar surface area (TPSA) is 72.9 Å². The van der Waals surface area contributed by atoms with Gasteiger partial charge in [0, 0.05) is 34.9 Å². The second-order valence-electron chi connectivity index (χ2n) is 8.42. The predicted octanol–water partition coefficient (Wildman–Crippen LogP) is 9.76. The summed E-state index contributed by atoms with van der Waals surface area (Å²) in [4.78, 5) is 3.20. The standard InChI is InChI=1S/C17H17NO2.C9H11BrO2.C6H5BrO.2CH4/c1-19-10-11-20-16-5-2-13(3-6-16)14-4-7-17-15(12-14)8-9-18-17;1-11-6-7-12-9-4-2-8(10)3-5-9;7-5-1-3-6(8)4-2-5;;/h2-9,12,18H,10-11H2,1H3;2-5H,6-7H2,1H3;1-4,8H;2*1H4. The Balaban J connectivity index is 0.000000343. The quantitative estimate of drug-likeness (QED) is 0.150. The number of rotatable bonds is 9. The number of aromatic amines is 1. The predicted molar refractivity (Wildman–Crippen MR) is 182 cm³/mol. The van der Waals surface area contributed by atoms with Crippen molar-refractivity contribution in [1.29, 1.82) is 0 Å². The number of aromatic nitrogens is 1. The molecule has 5 aromatic rings. The van der Waals surface area contributed by atoms with Crippen LogP contribution in [0.3, 0.4) is 0 Å². The molecule has 4 aromatic carbocycles. The summed E-state index contributed by atoms with van der Waals surface area (Å²) in [5.41, 5.74) is 3.56. The Labute approximate surface area is 266 Å². The van der Waals surface area contributed by atoms with Gasteiger partial charge in [0.25, 0.3) is 0 Å². The van der Waals surface area contributed by atoms with Crippen molar-refractivity contribution < 1.29 is 24.1 Å². The normalized spacial score (nSPS) is 9.71. The molecule has 0 fully saturated rings. The number of aromatic hydroxyl groups is 1. The molecule has 0 radical (unpaired) electrons. The zero-order valence-corrected chi connectivity index (χ0v) is 25.7. The summed E-state index contributed by atoms with van der Waals surface area (Å²) in [5.74, 6) is 2.04. The third kappa shape index (κ3) is 13.1. The molecule has 0 aliphatic rings. The van der Waals surface area contributed by atoms with Crippen molar-refractivity contribution >= 4 is 42.8 Å². The summed E-state index contributed by atoms with van der Waals surface area (Å²) < 4.78 is 22.8. The fourth-order valence-electron chi connectivity index (χ4n) is 3.43. The van der Waals surface area contributed by atoms with E-state index in [1.807, 2.05) is 42.6 Å². The van der Waals surface area contributed by atoms with Crippen LogP contribution in [0.4, 0.5) is 0 Å². The number of phenolic OH excluding ortho intramolecular Hbond substituents is 1. The van der Waals surface area contributed by atoms with Crippen molar-refractivity contribution in [3.63, 3.8) is 0 Å². The average Bonchev–Trinajstić information content (AvgIpc) is 3.45. The van der Waals surface area contributed by atoms with Crippen LogP contribution < -0.4 is 9.47 Å². The molecule has 1 heterocycles. The van der Waals surface area contributed by atoms with E-state index in [0.29, 0.717) is 32.2 Å². The van der Waals surface area contributed by atoms with Gasteiger partial charge >= 0.3 is 0 Å². The first kappa shape index (κ1) is 36.7. The van der Waals surface area contributed by atoms with E-state index in [0.717, 1.165) is 26.0 Å². The third-order valence-corrected chi connectivity index (χ3v) is 6.55. The van der Waals surface area contributed by atoms with Crippen LogP contribution in [0.25, 0.3) is 22.0 Å². The van der Waals surface area contributed by atoms with Gasteiger partial charge in [-0.2, -0.15) is 0 Å². The van der Waals surface area contributed by atoms with Gasteiger partial charge in [-0.05, 0) is 95.4 Å². The van der Waals surface area contributed by atoms with E-state index in [1.165, 1.54) is 16.5 Å². The number of hydrogen-bond acceptors (Lipinski definition) is 5. The number of halogens is 2. The molecule has 226 valence electrons. The zero-order valence-electron chi connectivity index (χ0n) is 22.5. The molecular weight excluding hydrogens is 662 g/mol. The van der Waals surface area contributed by atoms with Gasteiger partial charge in [-0.3, -0.25) is 0 Å². The maximum absolute atomic E-state index is 8.74. The Hall–Kier alpha value is -3.30. The SMILES string of the molecule is C.C.COCCOc1ccc(-c2ccc3[nH]ccc3c2)cc1.COCCOc1ccc(Br)cc1.Oc1ccc(Br)cc1. The van der Waals surface area contributed by atoms with Crippen LogP contribution in [0.5, 0.6) is 17.2 Å². The smallest absolute Gasteiger partial charge is 0.119 e. The molecule has 42 heavy (non-hydrogen) atoms. The van der Waals surface area contributed by atoms with E-state index < -0.39 is 0 Å². The van der Waals surface area contributed by atoms with Gasteiger partial charge in [-0.1, -0.05) is 64.9 Å². The van der Waals surface area contributed by atoms with Crippen LogP contribution in [0.2, 0.25) is 0 Å². The molecule has 0 saturated carbocycles. The third-order valence-electron chi connectivity index (χ3n) is 5.49. The summed E-state index contributed by atoms with van der Waals surface area (Å²) in [6, 6.07) is 31.2. The summed E-state index contributed by atoms with van der Waals surface area (Å²) in [5, 5.41) is 9.96. The molecule has 0 aliphatic carbocycles. The van der Waals surface area contributed by atoms with E-state index in [1.54, 1.807) is 38.5 Å². The lowest BCUT2D eigenvalue weighted by Gasteiger charge is -2.07. The molecule has 8 heteroatoms. The Kier molecular flexibility index (Phi) is 18.0. The molecule has 0 atom stereocenters. The number of benzene rings is 4. The van der Waals surface area contributed by atoms with Crippen LogP contribution in [0, 0.1) is 0 Å². The number of phenols is 1. The zero-order chi connectivity index (χ0) is 28.6. The molecule has 0 aliphatic heterocycles. The number of H-pyrrole nitrogens is 1. The van der Waals surface area contributed by atoms with Crippen LogP contribution in [-0.4, -0.2) is 50.7 Å². The summed E-state index contributed by atoms with van der Waals surface area (Å²) in [7, 11) is 3.33. The molecule has 1 aromatic heterocycles. The first-order chi connectivity index (χ1) is 19.5. The minimum atomic E-state index is 0. The second kappa shape index (κ2) is 20.6. The minimum absolute atomic E-state index is 0. The van der Waals surface area contributed by atoms with E-state index in [2.05, 4.69) is 73.2 Å². The van der Waals surface area contributed by atoms with Crippen LogP contribution in [0.1, 0.15) is 14.9 Å². The van der Waals surface area contributed by atoms with E-state index >= 15 is 0 Å². The average molecular weight is 704 g/mol. The summed E-state index contributed by atoms with van der Waals surface area (Å²) >= 11 is 6.58. The van der Waals surface area contributed by atoms with Crippen LogP contribution in [0.15, 0.2) is 112 Å². The van der Waals surface area contributed by atoms with Gasteiger partial charge in [0.1, 0.15) is 30.5 Å². The Morgan fingerprint density at radius 3 is 1.57 bits per heavy atom. The number of hydrogen-bond donors (Lipinski definition) is 2. The fourth-order valence-corrected chi connectivity index (χ4v) is 3.96. The second-order valence-corrected chi connectivity index (χ2v) is 10.2. The largest absolute Gasteiger partial charge is 0.508 e. The fraction of sp³-hybridized carbons (Fsp3) is 0.235. The first-order valence-electron chi connectivity index (χ1n) is 12.6. The van der Waals surface area contributed by atoms with Crippen molar-refractivity contribution in [3.8, 4) is 28.4 Å². The lowest BCUT2D eigenvalue weighted by atomic mass is 10.0. The van der Waals surface area contributed by atoms with Gasteiger partial charge < -0.3 is 29.0 Å². The summed E-state index contributed by atoms with van der Waals surface area (Å²) in [6.45, 7) is 2.39. The van der Waals surface area contributed by atoms with E-state index in [4.69, 9.17) is 24.1 Å².